The number of rotatable bonds is 4. The Balaban J connectivity index is 1.53. The molecule has 1 fully saturated rings. The van der Waals surface area contributed by atoms with Gasteiger partial charge in [-0.15, -0.1) is 23.4 Å². The third kappa shape index (κ3) is 4.03. The molecule has 1 aliphatic carbocycles. The summed E-state index contributed by atoms with van der Waals surface area (Å²) < 4.78 is 1.01. The van der Waals surface area contributed by atoms with Crippen molar-refractivity contribution >= 4 is 62.3 Å². The Kier molecular flexibility index (Phi) is 6.14. The molecule has 0 spiro atoms. The summed E-state index contributed by atoms with van der Waals surface area (Å²) in [6.45, 7) is 0. The summed E-state index contributed by atoms with van der Waals surface area (Å²) in [5.41, 5.74) is 3.57. The molecule has 0 saturated heterocycles. The Morgan fingerprint density at radius 1 is 1.09 bits per heavy atom. The van der Waals surface area contributed by atoms with Gasteiger partial charge >= 0.3 is 0 Å². The zero-order valence-corrected chi connectivity index (χ0v) is 20.7. The van der Waals surface area contributed by atoms with Crippen LogP contribution in [0.15, 0.2) is 76.1 Å². The fourth-order valence-corrected chi connectivity index (χ4v) is 7.41. The van der Waals surface area contributed by atoms with Crippen LogP contribution in [0.5, 0.6) is 0 Å². The lowest BCUT2D eigenvalue weighted by atomic mass is 9.77. The van der Waals surface area contributed by atoms with Gasteiger partial charge in [-0.2, -0.15) is 0 Å². The number of hydrogen-bond acceptors (Lipinski definition) is 4. The number of halogens is 3. The SMILES string of the molecule is O=[N+]([O-])c1ccccc1S[C@@H]1C[C@@H]2[C@H](c3cc(Br)ccc3N[C@H]2c2ccc(Cl)cc2)[C@@H]1Cl. The number of thioether (sulfide) groups is 1. The monoisotopic (exact) mass is 548 g/mol. The van der Waals surface area contributed by atoms with Crippen LogP contribution in [0.3, 0.4) is 0 Å². The predicted octanol–water partition coefficient (Wildman–Crippen LogP) is 8.05. The zero-order chi connectivity index (χ0) is 22.4. The van der Waals surface area contributed by atoms with Gasteiger partial charge in [0, 0.05) is 32.4 Å². The highest BCUT2D eigenvalue weighted by atomic mass is 79.9. The van der Waals surface area contributed by atoms with Crippen LogP contribution in [0.4, 0.5) is 11.4 Å². The first kappa shape index (κ1) is 22.1. The van der Waals surface area contributed by atoms with Gasteiger partial charge in [-0.25, -0.2) is 0 Å². The number of nitro groups is 1. The number of hydrogen-bond donors (Lipinski definition) is 1. The summed E-state index contributed by atoms with van der Waals surface area (Å²) in [4.78, 5) is 11.9. The second kappa shape index (κ2) is 8.90. The van der Waals surface area contributed by atoms with Crippen LogP contribution in [0.1, 0.15) is 29.5 Å². The van der Waals surface area contributed by atoms with Crippen molar-refractivity contribution in [3.63, 3.8) is 0 Å². The number of nitrogens with one attached hydrogen (secondary N) is 1. The maximum atomic E-state index is 11.5. The maximum absolute atomic E-state index is 11.5. The van der Waals surface area contributed by atoms with E-state index in [2.05, 4.69) is 45.5 Å². The van der Waals surface area contributed by atoms with Gasteiger partial charge in [-0.1, -0.05) is 51.8 Å². The van der Waals surface area contributed by atoms with Crippen LogP contribution in [-0.2, 0) is 0 Å². The molecule has 0 bridgehead atoms. The average molecular weight is 550 g/mol. The van der Waals surface area contributed by atoms with Crippen molar-refractivity contribution in [3.8, 4) is 0 Å². The first-order chi connectivity index (χ1) is 15.4. The molecule has 1 heterocycles. The second-order valence-electron chi connectivity index (χ2n) is 8.16. The molecule has 3 aromatic rings. The molecule has 3 aromatic carbocycles. The highest BCUT2D eigenvalue weighted by molar-refractivity contribution is 9.10. The van der Waals surface area contributed by atoms with Crippen molar-refractivity contribution in [3.05, 3.63) is 97.5 Å². The first-order valence-corrected chi connectivity index (χ1v) is 12.8. The van der Waals surface area contributed by atoms with Gasteiger partial charge in [-0.3, -0.25) is 10.1 Å². The molecule has 4 nitrogen and oxygen atoms in total. The average Bonchev–Trinajstić information content (AvgIpc) is 3.10. The van der Waals surface area contributed by atoms with Crippen LogP contribution < -0.4 is 5.32 Å². The second-order valence-corrected chi connectivity index (χ2v) is 11.3. The molecule has 0 unspecified atom stereocenters. The summed E-state index contributed by atoms with van der Waals surface area (Å²) >= 11 is 18.4. The van der Waals surface area contributed by atoms with Crippen LogP contribution in [0, 0.1) is 16.0 Å². The smallest absolute Gasteiger partial charge is 0.282 e. The number of para-hydroxylation sites is 1. The highest BCUT2D eigenvalue weighted by Crippen LogP contribution is 2.58. The maximum Gasteiger partial charge on any atom is 0.282 e. The Morgan fingerprint density at radius 3 is 2.59 bits per heavy atom. The van der Waals surface area contributed by atoms with Gasteiger partial charge < -0.3 is 5.32 Å². The van der Waals surface area contributed by atoms with E-state index >= 15 is 0 Å². The van der Waals surface area contributed by atoms with E-state index in [1.165, 1.54) is 17.3 Å². The van der Waals surface area contributed by atoms with Crippen molar-refractivity contribution < 1.29 is 4.92 Å². The van der Waals surface area contributed by atoms with E-state index in [0.717, 1.165) is 22.1 Å². The van der Waals surface area contributed by atoms with E-state index in [1.807, 2.05) is 30.3 Å². The fourth-order valence-electron chi connectivity index (χ4n) is 4.96. The van der Waals surface area contributed by atoms with Gasteiger partial charge in [0.25, 0.3) is 5.69 Å². The molecular weight excluding hydrogens is 531 g/mol. The van der Waals surface area contributed by atoms with Crippen molar-refractivity contribution in [2.24, 2.45) is 5.92 Å². The molecule has 2 aliphatic rings. The number of nitro benzene ring substituents is 1. The number of nitrogens with zero attached hydrogens (tertiary/aromatic N) is 1. The molecule has 1 N–H and O–H groups in total. The van der Waals surface area contributed by atoms with E-state index in [9.17, 15) is 10.1 Å². The van der Waals surface area contributed by atoms with Crippen molar-refractivity contribution in [2.75, 3.05) is 5.32 Å². The van der Waals surface area contributed by atoms with Crippen LogP contribution in [-0.4, -0.2) is 15.6 Å². The lowest BCUT2D eigenvalue weighted by Gasteiger charge is -2.38. The lowest BCUT2D eigenvalue weighted by molar-refractivity contribution is -0.387. The lowest BCUT2D eigenvalue weighted by Crippen LogP contribution is -2.31. The van der Waals surface area contributed by atoms with Gasteiger partial charge in [0.15, 0.2) is 0 Å². The Bertz CT molecular complexity index is 1180. The topological polar surface area (TPSA) is 55.2 Å². The highest BCUT2D eigenvalue weighted by Gasteiger charge is 2.50. The van der Waals surface area contributed by atoms with Crippen LogP contribution in [0.2, 0.25) is 5.02 Å². The quantitative estimate of drug-likeness (QED) is 0.203. The summed E-state index contributed by atoms with van der Waals surface area (Å²) in [6, 6.07) is 21.2. The number of fused-ring (bicyclic) bond motifs is 3. The fraction of sp³-hybridized carbons (Fsp3) is 0.250. The van der Waals surface area contributed by atoms with E-state index in [4.69, 9.17) is 23.2 Å². The van der Waals surface area contributed by atoms with Gasteiger partial charge in [-0.05, 0) is 59.9 Å². The minimum Gasteiger partial charge on any atom is -0.378 e. The molecule has 1 saturated carbocycles. The largest absolute Gasteiger partial charge is 0.378 e. The standard InChI is InChI=1S/C24H19BrCl2N2O2S/c25-14-7-10-18-16(11-14)22-17(24(28-18)13-5-8-15(26)9-6-13)12-21(23(22)27)32-20-4-2-1-3-19(20)29(30)31/h1-11,17,21-24,28H,12H2/t17-,21-,22+,23-,24+/m1/s1. The molecule has 1 aliphatic heterocycles. The van der Waals surface area contributed by atoms with Crippen molar-refractivity contribution in [1.82, 2.24) is 0 Å². The Labute approximate surface area is 209 Å². The van der Waals surface area contributed by atoms with E-state index in [-0.39, 0.29) is 39.1 Å². The van der Waals surface area contributed by atoms with E-state index in [0.29, 0.717) is 9.92 Å². The van der Waals surface area contributed by atoms with Crippen LogP contribution >= 0.6 is 50.9 Å². The molecule has 5 atom stereocenters. The third-order valence-corrected chi connectivity index (χ3v) is 9.20. The molecule has 164 valence electrons. The van der Waals surface area contributed by atoms with Gasteiger partial charge in [0.1, 0.15) is 0 Å². The zero-order valence-electron chi connectivity index (χ0n) is 16.8. The molecule has 5 rings (SSSR count). The first-order valence-electron chi connectivity index (χ1n) is 10.3. The normalized spacial score (nSPS) is 26.2. The van der Waals surface area contributed by atoms with Gasteiger partial charge in [0.2, 0.25) is 0 Å². The van der Waals surface area contributed by atoms with Crippen molar-refractivity contribution in [1.29, 1.82) is 0 Å². The summed E-state index contributed by atoms with van der Waals surface area (Å²) in [5.74, 6) is 0.382. The number of anilines is 1. The molecule has 0 amide bonds. The Hall–Kier alpha value is -1.73. The minimum atomic E-state index is -0.321. The van der Waals surface area contributed by atoms with Crippen molar-refractivity contribution in [2.45, 2.75) is 33.9 Å². The van der Waals surface area contributed by atoms with E-state index < -0.39 is 0 Å². The summed E-state index contributed by atoms with van der Waals surface area (Å²) in [7, 11) is 0. The number of benzene rings is 3. The molecule has 32 heavy (non-hydrogen) atoms. The minimum absolute atomic E-state index is 0.0503. The molecule has 8 heteroatoms. The molecular formula is C24H19BrCl2N2O2S. The van der Waals surface area contributed by atoms with Gasteiger partial charge in [0.05, 0.1) is 21.2 Å². The summed E-state index contributed by atoms with van der Waals surface area (Å²) in [6.07, 6.45) is 0.849. The predicted molar refractivity (Wildman–Crippen MR) is 135 cm³/mol. The van der Waals surface area contributed by atoms with E-state index in [1.54, 1.807) is 12.1 Å². The number of alkyl halides is 1. The van der Waals surface area contributed by atoms with Crippen LogP contribution in [0.25, 0.3) is 0 Å². The molecule has 0 aromatic heterocycles. The Morgan fingerprint density at radius 2 is 1.84 bits per heavy atom. The summed E-state index contributed by atoms with van der Waals surface area (Å²) in [5, 5.41) is 15.9. The molecule has 0 radical (unpaired) electrons. The third-order valence-electron chi connectivity index (χ3n) is 6.35.